The first kappa shape index (κ1) is 11.1. The molecule has 4 heteroatoms. The van der Waals surface area contributed by atoms with Gasteiger partial charge in [-0.3, -0.25) is 4.79 Å². The Bertz CT molecular complexity index is 136. The first-order valence-electron chi connectivity index (χ1n) is 3.66. The molecule has 70 valence electrons. The molecule has 1 aliphatic heterocycles. The standard InChI is InChI=1S/C6H10O2.C2H4O2/c1-2-3-7-4-6-5-8-6;1-2(3)4/h2,6H,1,3-5H2;1H3,(H,3,4). The van der Waals surface area contributed by atoms with Crippen molar-refractivity contribution in [2.75, 3.05) is 19.8 Å². The number of hydrogen-bond donors (Lipinski definition) is 1. The molecule has 0 bridgehead atoms. The van der Waals surface area contributed by atoms with Gasteiger partial charge in [-0.2, -0.15) is 0 Å². The van der Waals surface area contributed by atoms with Gasteiger partial charge in [0, 0.05) is 6.92 Å². The largest absolute Gasteiger partial charge is 0.481 e. The topological polar surface area (TPSA) is 59.1 Å². The second-order valence-corrected chi connectivity index (χ2v) is 2.30. The Balaban J connectivity index is 0.000000261. The van der Waals surface area contributed by atoms with Crippen LogP contribution in [0.15, 0.2) is 12.7 Å². The van der Waals surface area contributed by atoms with Crippen LogP contribution in [0.5, 0.6) is 0 Å². The second kappa shape index (κ2) is 6.82. The molecule has 1 saturated heterocycles. The number of ether oxygens (including phenoxy) is 2. The maximum absolute atomic E-state index is 9.00. The van der Waals surface area contributed by atoms with E-state index in [0.717, 1.165) is 20.1 Å². The lowest BCUT2D eigenvalue weighted by molar-refractivity contribution is -0.134. The number of hydrogen-bond acceptors (Lipinski definition) is 3. The van der Waals surface area contributed by atoms with E-state index in [4.69, 9.17) is 19.4 Å². The van der Waals surface area contributed by atoms with Gasteiger partial charge in [0.25, 0.3) is 5.97 Å². The number of carbonyl (C=O) groups is 1. The maximum Gasteiger partial charge on any atom is 0.300 e. The molecular formula is C8H14O4. The van der Waals surface area contributed by atoms with Crippen molar-refractivity contribution in [3.8, 4) is 0 Å². The molecule has 0 saturated carbocycles. The van der Waals surface area contributed by atoms with Gasteiger partial charge in [-0.15, -0.1) is 6.58 Å². The summed E-state index contributed by atoms with van der Waals surface area (Å²) in [7, 11) is 0. The molecule has 12 heavy (non-hydrogen) atoms. The van der Waals surface area contributed by atoms with Crippen LogP contribution in [0.25, 0.3) is 0 Å². The molecule has 0 spiro atoms. The molecule has 0 radical (unpaired) electrons. The fraction of sp³-hybridized carbons (Fsp3) is 0.625. The number of carboxylic acids is 1. The Kier molecular flexibility index (Phi) is 6.32. The van der Waals surface area contributed by atoms with E-state index < -0.39 is 5.97 Å². The van der Waals surface area contributed by atoms with E-state index >= 15 is 0 Å². The molecule has 1 unspecified atom stereocenters. The van der Waals surface area contributed by atoms with Gasteiger partial charge in [-0.1, -0.05) is 6.08 Å². The van der Waals surface area contributed by atoms with E-state index in [0.29, 0.717) is 12.7 Å². The fourth-order valence-corrected chi connectivity index (χ4v) is 0.447. The number of rotatable bonds is 4. The Morgan fingerprint density at radius 3 is 2.75 bits per heavy atom. The SMILES string of the molecule is C=CCOCC1CO1.CC(=O)O. The third kappa shape index (κ3) is 11.9. The van der Waals surface area contributed by atoms with Crippen molar-refractivity contribution in [1.82, 2.24) is 0 Å². The van der Waals surface area contributed by atoms with Crippen molar-refractivity contribution >= 4 is 5.97 Å². The van der Waals surface area contributed by atoms with Gasteiger partial charge in [0.1, 0.15) is 6.10 Å². The van der Waals surface area contributed by atoms with Crippen LogP contribution in [-0.2, 0) is 14.3 Å². The summed E-state index contributed by atoms with van der Waals surface area (Å²) < 4.78 is 9.96. The van der Waals surface area contributed by atoms with Crippen LogP contribution in [-0.4, -0.2) is 37.0 Å². The summed E-state index contributed by atoms with van der Waals surface area (Å²) in [6.45, 7) is 6.83. The van der Waals surface area contributed by atoms with E-state index in [2.05, 4.69) is 6.58 Å². The molecule has 1 rings (SSSR count). The molecule has 0 aromatic rings. The zero-order chi connectivity index (χ0) is 9.40. The number of aliphatic carboxylic acids is 1. The normalized spacial score (nSPS) is 18.9. The van der Waals surface area contributed by atoms with Crippen molar-refractivity contribution in [1.29, 1.82) is 0 Å². The van der Waals surface area contributed by atoms with Crippen molar-refractivity contribution in [2.45, 2.75) is 13.0 Å². The van der Waals surface area contributed by atoms with Crippen molar-refractivity contribution in [3.63, 3.8) is 0 Å². The Hall–Kier alpha value is -0.870. The minimum atomic E-state index is -0.833. The van der Waals surface area contributed by atoms with Gasteiger partial charge < -0.3 is 14.6 Å². The van der Waals surface area contributed by atoms with Gasteiger partial charge in [0.2, 0.25) is 0 Å². The van der Waals surface area contributed by atoms with Gasteiger partial charge >= 0.3 is 0 Å². The highest BCUT2D eigenvalue weighted by Gasteiger charge is 2.21. The number of epoxide rings is 1. The highest BCUT2D eigenvalue weighted by molar-refractivity contribution is 5.62. The Morgan fingerprint density at radius 2 is 2.42 bits per heavy atom. The lowest BCUT2D eigenvalue weighted by Crippen LogP contribution is -2.00. The van der Waals surface area contributed by atoms with Crippen molar-refractivity contribution < 1.29 is 19.4 Å². The third-order valence-electron chi connectivity index (χ3n) is 0.942. The second-order valence-electron chi connectivity index (χ2n) is 2.30. The Labute approximate surface area is 71.8 Å². The minimum absolute atomic E-state index is 0.384. The van der Waals surface area contributed by atoms with Crippen LogP contribution in [0.3, 0.4) is 0 Å². The van der Waals surface area contributed by atoms with E-state index in [1.807, 2.05) is 0 Å². The monoisotopic (exact) mass is 174 g/mol. The summed E-state index contributed by atoms with van der Waals surface area (Å²) in [6, 6.07) is 0. The Morgan fingerprint density at radius 1 is 1.92 bits per heavy atom. The van der Waals surface area contributed by atoms with Crippen molar-refractivity contribution in [2.24, 2.45) is 0 Å². The molecule has 1 N–H and O–H groups in total. The molecule has 0 aliphatic carbocycles. The summed E-state index contributed by atoms with van der Waals surface area (Å²) in [5.74, 6) is -0.833. The van der Waals surface area contributed by atoms with Gasteiger partial charge in [0.15, 0.2) is 0 Å². The summed E-state index contributed by atoms with van der Waals surface area (Å²) in [5, 5.41) is 7.42. The van der Waals surface area contributed by atoms with Crippen molar-refractivity contribution in [3.05, 3.63) is 12.7 Å². The average Bonchev–Trinajstić information content (AvgIpc) is 2.70. The van der Waals surface area contributed by atoms with Crippen LogP contribution in [0.4, 0.5) is 0 Å². The first-order chi connectivity index (χ1) is 5.66. The van der Waals surface area contributed by atoms with E-state index in [9.17, 15) is 0 Å². The molecular weight excluding hydrogens is 160 g/mol. The summed E-state index contributed by atoms with van der Waals surface area (Å²) in [6.07, 6.45) is 2.12. The predicted octanol–water partition coefficient (Wildman–Crippen LogP) is 0.679. The zero-order valence-electron chi connectivity index (χ0n) is 7.16. The molecule has 0 amide bonds. The molecule has 1 fully saturated rings. The number of carboxylic acid groups (broad SMARTS) is 1. The van der Waals surface area contributed by atoms with Gasteiger partial charge in [-0.05, 0) is 0 Å². The molecule has 0 aromatic heterocycles. The summed E-state index contributed by atoms with van der Waals surface area (Å²) >= 11 is 0. The lowest BCUT2D eigenvalue weighted by Gasteiger charge is -1.92. The van der Waals surface area contributed by atoms with Gasteiger partial charge in [0.05, 0.1) is 19.8 Å². The van der Waals surface area contributed by atoms with E-state index in [1.165, 1.54) is 0 Å². The molecule has 1 aliphatic rings. The van der Waals surface area contributed by atoms with Crippen LogP contribution >= 0.6 is 0 Å². The first-order valence-corrected chi connectivity index (χ1v) is 3.66. The average molecular weight is 174 g/mol. The smallest absolute Gasteiger partial charge is 0.300 e. The molecule has 4 nitrogen and oxygen atoms in total. The van der Waals surface area contributed by atoms with E-state index in [1.54, 1.807) is 6.08 Å². The van der Waals surface area contributed by atoms with Crippen LogP contribution in [0.2, 0.25) is 0 Å². The van der Waals surface area contributed by atoms with Crippen LogP contribution in [0.1, 0.15) is 6.92 Å². The third-order valence-corrected chi connectivity index (χ3v) is 0.942. The van der Waals surface area contributed by atoms with Crippen LogP contribution < -0.4 is 0 Å². The lowest BCUT2D eigenvalue weighted by atomic mass is 10.5. The van der Waals surface area contributed by atoms with Crippen LogP contribution in [0, 0.1) is 0 Å². The maximum atomic E-state index is 9.00. The van der Waals surface area contributed by atoms with E-state index in [-0.39, 0.29) is 0 Å². The highest BCUT2D eigenvalue weighted by atomic mass is 16.6. The zero-order valence-corrected chi connectivity index (χ0v) is 7.16. The minimum Gasteiger partial charge on any atom is -0.481 e. The predicted molar refractivity (Wildman–Crippen MR) is 44.1 cm³/mol. The molecule has 0 aromatic carbocycles. The fourth-order valence-electron chi connectivity index (χ4n) is 0.447. The summed E-state index contributed by atoms with van der Waals surface area (Å²) in [4.78, 5) is 9.00. The van der Waals surface area contributed by atoms with Gasteiger partial charge in [-0.25, -0.2) is 0 Å². The highest BCUT2D eigenvalue weighted by Crippen LogP contribution is 2.07. The molecule has 1 heterocycles. The quantitative estimate of drug-likeness (QED) is 0.387. The summed E-state index contributed by atoms with van der Waals surface area (Å²) in [5.41, 5.74) is 0. The molecule has 1 atom stereocenters.